The van der Waals surface area contributed by atoms with Gasteiger partial charge in [0.2, 0.25) is 0 Å². The zero-order chi connectivity index (χ0) is 15.9. The van der Waals surface area contributed by atoms with Gasteiger partial charge in [-0.15, -0.1) is 0 Å². The molecular formula is C19H23NO2. The van der Waals surface area contributed by atoms with Gasteiger partial charge in [-0.2, -0.15) is 0 Å². The lowest BCUT2D eigenvalue weighted by atomic mass is 9.96. The van der Waals surface area contributed by atoms with Crippen LogP contribution in [0.5, 0.6) is 5.75 Å². The minimum Gasteiger partial charge on any atom is -0.497 e. The number of hydrogen-bond donors (Lipinski definition) is 1. The fourth-order valence-corrected chi connectivity index (χ4v) is 2.44. The summed E-state index contributed by atoms with van der Waals surface area (Å²) in [5.74, 6) is 1.11. The zero-order valence-electron chi connectivity index (χ0n) is 13.4. The Balaban J connectivity index is 2.17. The highest BCUT2D eigenvalue weighted by Crippen LogP contribution is 2.22. The number of ether oxygens (including phenoxy) is 1. The molecule has 0 fully saturated rings. The number of rotatable bonds is 6. The molecule has 116 valence electrons. The molecule has 1 N–H and O–H groups in total. The molecule has 2 aromatic carbocycles. The summed E-state index contributed by atoms with van der Waals surface area (Å²) in [6, 6.07) is 17.3. The lowest BCUT2D eigenvalue weighted by molar-refractivity contribution is 0.0931. The van der Waals surface area contributed by atoms with Gasteiger partial charge in [-0.05, 0) is 36.1 Å². The molecule has 0 aliphatic rings. The largest absolute Gasteiger partial charge is 0.497 e. The molecule has 2 rings (SSSR count). The summed E-state index contributed by atoms with van der Waals surface area (Å²) in [6.07, 6.45) is 0.903. The van der Waals surface area contributed by atoms with Crippen molar-refractivity contribution in [1.29, 1.82) is 0 Å². The van der Waals surface area contributed by atoms with Gasteiger partial charge in [0.15, 0.2) is 0 Å². The summed E-state index contributed by atoms with van der Waals surface area (Å²) in [4.78, 5) is 12.5. The Labute approximate surface area is 132 Å². The number of nitrogens with one attached hydrogen (secondary N) is 1. The van der Waals surface area contributed by atoms with E-state index < -0.39 is 0 Å². The van der Waals surface area contributed by atoms with Crippen molar-refractivity contribution in [2.45, 2.75) is 26.3 Å². The Morgan fingerprint density at radius 3 is 2.45 bits per heavy atom. The average Bonchev–Trinajstić information content (AvgIpc) is 2.54. The molecule has 0 bridgehead atoms. The third kappa shape index (κ3) is 4.35. The second kappa shape index (κ2) is 7.64. The van der Waals surface area contributed by atoms with Gasteiger partial charge in [0.25, 0.3) is 5.91 Å². The van der Waals surface area contributed by atoms with Gasteiger partial charge in [-0.25, -0.2) is 0 Å². The van der Waals surface area contributed by atoms with Crippen molar-refractivity contribution in [1.82, 2.24) is 5.32 Å². The molecule has 0 aliphatic heterocycles. The number of methoxy groups -OCH3 is 1. The van der Waals surface area contributed by atoms with Gasteiger partial charge in [-0.3, -0.25) is 4.79 Å². The van der Waals surface area contributed by atoms with Crippen LogP contribution in [0.25, 0.3) is 0 Å². The third-order valence-corrected chi connectivity index (χ3v) is 3.55. The Morgan fingerprint density at radius 1 is 1.09 bits per heavy atom. The minimum absolute atomic E-state index is 0.0138. The van der Waals surface area contributed by atoms with E-state index in [0.29, 0.717) is 17.2 Å². The fraction of sp³-hybridized carbons (Fsp3) is 0.316. The van der Waals surface area contributed by atoms with E-state index in [9.17, 15) is 4.79 Å². The molecule has 22 heavy (non-hydrogen) atoms. The lowest BCUT2D eigenvalue weighted by Gasteiger charge is -2.21. The van der Waals surface area contributed by atoms with Gasteiger partial charge in [0, 0.05) is 5.56 Å². The summed E-state index contributed by atoms with van der Waals surface area (Å²) >= 11 is 0. The van der Waals surface area contributed by atoms with Crippen LogP contribution in [0, 0.1) is 5.92 Å². The second-order valence-corrected chi connectivity index (χ2v) is 5.80. The van der Waals surface area contributed by atoms with Crippen LogP contribution in [0.1, 0.15) is 42.2 Å². The number of benzene rings is 2. The van der Waals surface area contributed by atoms with E-state index in [0.717, 1.165) is 12.0 Å². The quantitative estimate of drug-likeness (QED) is 0.867. The smallest absolute Gasteiger partial charge is 0.251 e. The molecule has 3 heteroatoms. The third-order valence-electron chi connectivity index (χ3n) is 3.55. The van der Waals surface area contributed by atoms with Crippen molar-refractivity contribution in [3.8, 4) is 5.75 Å². The Bertz CT molecular complexity index is 608. The van der Waals surface area contributed by atoms with Crippen molar-refractivity contribution >= 4 is 5.91 Å². The highest BCUT2D eigenvalue weighted by atomic mass is 16.5. The summed E-state index contributed by atoms with van der Waals surface area (Å²) in [7, 11) is 1.60. The SMILES string of the molecule is COc1cccc(C(=O)N[C@@H](CC(C)C)c2ccccc2)c1. The van der Waals surface area contributed by atoms with E-state index in [4.69, 9.17) is 4.74 Å². The van der Waals surface area contributed by atoms with Crippen molar-refractivity contribution < 1.29 is 9.53 Å². The van der Waals surface area contributed by atoms with Gasteiger partial charge < -0.3 is 10.1 Å². The molecule has 0 aromatic heterocycles. The number of carbonyl (C=O) groups is 1. The van der Waals surface area contributed by atoms with Gasteiger partial charge in [-0.1, -0.05) is 50.2 Å². The fourth-order valence-electron chi connectivity index (χ4n) is 2.44. The van der Waals surface area contributed by atoms with Gasteiger partial charge >= 0.3 is 0 Å². The standard InChI is InChI=1S/C19H23NO2/c1-14(2)12-18(15-8-5-4-6-9-15)20-19(21)16-10-7-11-17(13-16)22-3/h4-11,13-14,18H,12H2,1-3H3,(H,20,21)/t18-/m0/s1. The van der Waals surface area contributed by atoms with E-state index in [1.54, 1.807) is 19.2 Å². The summed E-state index contributed by atoms with van der Waals surface area (Å²) in [5, 5.41) is 3.14. The predicted octanol–water partition coefficient (Wildman–Crippen LogP) is 4.21. The van der Waals surface area contributed by atoms with Crippen LogP contribution >= 0.6 is 0 Å². The normalized spacial score (nSPS) is 12.0. The Kier molecular flexibility index (Phi) is 5.59. The molecule has 0 radical (unpaired) electrons. The van der Waals surface area contributed by atoms with Crippen LogP contribution in [0.2, 0.25) is 0 Å². The first kappa shape index (κ1) is 16.1. The molecule has 0 aliphatic carbocycles. The number of hydrogen-bond acceptors (Lipinski definition) is 2. The maximum atomic E-state index is 12.5. The Hall–Kier alpha value is -2.29. The summed E-state index contributed by atoms with van der Waals surface area (Å²) < 4.78 is 5.18. The molecule has 3 nitrogen and oxygen atoms in total. The molecule has 0 unspecified atom stereocenters. The second-order valence-electron chi connectivity index (χ2n) is 5.80. The monoisotopic (exact) mass is 297 g/mol. The molecule has 2 aromatic rings. The predicted molar refractivity (Wildman–Crippen MR) is 89.1 cm³/mol. The highest BCUT2D eigenvalue weighted by Gasteiger charge is 2.17. The lowest BCUT2D eigenvalue weighted by Crippen LogP contribution is -2.29. The van der Waals surface area contributed by atoms with Gasteiger partial charge in [0.05, 0.1) is 13.2 Å². The molecule has 1 amide bonds. The van der Waals surface area contributed by atoms with Crippen molar-refractivity contribution in [2.75, 3.05) is 7.11 Å². The van der Waals surface area contributed by atoms with Crippen LogP contribution in [0.15, 0.2) is 54.6 Å². The van der Waals surface area contributed by atoms with E-state index in [1.807, 2.05) is 30.3 Å². The molecule has 1 atom stereocenters. The zero-order valence-corrected chi connectivity index (χ0v) is 13.4. The van der Waals surface area contributed by atoms with Crippen molar-refractivity contribution in [2.24, 2.45) is 5.92 Å². The van der Waals surface area contributed by atoms with E-state index in [2.05, 4.69) is 31.3 Å². The first-order valence-electron chi connectivity index (χ1n) is 7.60. The maximum absolute atomic E-state index is 12.5. The van der Waals surface area contributed by atoms with E-state index >= 15 is 0 Å². The van der Waals surface area contributed by atoms with Crippen LogP contribution < -0.4 is 10.1 Å². The Morgan fingerprint density at radius 2 is 1.82 bits per heavy atom. The van der Waals surface area contributed by atoms with Crippen LogP contribution in [-0.2, 0) is 0 Å². The maximum Gasteiger partial charge on any atom is 0.251 e. The minimum atomic E-state index is -0.0756. The summed E-state index contributed by atoms with van der Waals surface area (Å²) in [5.41, 5.74) is 1.75. The van der Waals surface area contributed by atoms with Crippen molar-refractivity contribution in [3.05, 3.63) is 65.7 Å². The number of amides is 1. The molecular weight excluding hydrogens is 274 g/mol. The van der Waals surface area contributed by atoms with Crippen molar-refractivity contribution in [3.63, 3.8) is 0 Å². The van der Waals surface area contributed by atoms with Crippen LogP contribution in [0.3, 0.4) is 0 Å². The molecule has 0 heterocycles. The molecule has 0 spiro atoms. The topological polar surface area (TPSA) is 38.3 Å². The average molecular weight is 297 g/mol. The number of carbonyl (C=O) groups excluding carboxylic acids is 1. The first-order valence-corrected chi connectivity index (χ1v) is 7.60. The first-order chi connectivity index (χ1) is 10.6. The van der Waals surface area contributed by atoms with Gasteiger partial charge in [0.1, 0.15) is 5.75 Å². The molecule has 0 saturated heterocycles. The van der Waals surface area contributed by atoms with E-state index in [-0.39, 0.29) is 11.9 Å². The van der Waals surface area contributed by atoms with Crippen LogP contribution in [-0.4, -0.2) is 13.0 Å². The van der Waals surface area contributed by atoms with Crippen LogP contribution in [0.4, 0.5) is 0 Å². The highest BCUT2D eigenvalue weighted by molar-refractivity contribution is 5.94. The summed E-state index contributed by atoms with van der Waals surface area (Å²) in [6.45, 7) is 4.32. The van der Waals surface area contributed by atoms with E-state index in [1.165, 1.54) is 0 Å². The molecule has 0 saturated carbocycles.